The molecule has 0 amide bonds. The molecule has 5 rings (SSSR count). The molecule has 112 valence electrons. The van der Waals surface area contributed by atoms with E-state index in [-0.39, 0.29) is 5.60 Å². The van der Waals surface area contributed by atoms with E-state index < -0.39 is 0 Å². The minimum absolute atomic E-state index is 0.103. The molecule has 1 aromatic heterocycles. The summed E-state index contributed by atoms with van der Waals surface area (Å²) >= 11 is 1.59. The van der Waals surface area contributed by atoms with E-state index in [1.54, 1.807) is 18.1 Å². The van der Waals surface area contributed by atoms with E-state index in [1.807, 2.05) is 12.3 Å². The number of aliphatic imine (C=N–C) groups is 1. The van der Waals surface area contributed by atoms with Crippen LogP contribution < -0.4 is 5.32 Å². The van der Waals surface area contributed by atoms with E-state index in [0.29, 0.717) is 11.9 Å². The number of thioether (sulfide) groups is 1. The van der Waals surface area contributed by atoms with Crippen LogP contribution in [0, 0.1) is 5.92 Å². The van der Waals surface area contributed by atoms with E-state index in [0.717, 1.165) is 23.9 Å². The van der Waals surface area contributed by atoms with Gasteiger partial charge in [-0.25, -0.2) is 15.0 Å². The highest BCUT2D eigenvalue weighted by atomic mass is 32.2. The van der Waals surface area contributed by atoms with E-state index >= 15 is 0 Å². The third kappa shape index (κ3) is 2.38. The zero-order chi connectivity index (χ0) is 14.3. The Labute approximate surface area is 128 Å². The molecule has 2 bridgehead atoms. The highest BCUT2D eigenvalue weighted by Gasteiger charge is 2.51. The maximum atomic E-state index is 6.23. The molecule has 0 aliphatic carbocycles. The fourth-order valence-electron chi connectivity index (χ4n) is 3.58. The Morgan fingerprint density at radius 2 is 2.24 bits per heavy atom. The van der Waals surface area contributed by atoms with Gasteiger partial charge in [0.25, 0.3) is 6.02 Å². The van der Waals surface area contributed by atoms with Gasteiger partial charge in [-0.3, -0.25) is 10.2 Å². The average molecular weight is 305 g/mol. The van der Waals surface area contributed by atoms with Crippen LogP contribution in [0.3, 0.4) is 0 Å². The van der Waals surface area contributed by atoms with Crippen molar-refractivity contribution in [3.63, 3.8) is 0 Å². The van der Waals surface area contributed by atoms with Gasteiger partial charge in [0.2, 0.25) is 0 Å². The fourth-order valence-corrected chi connectivity index (χ4v) is 3.96. The van der Waals surface area contributed by atoms with Crippen LogP contribution in [-0.4, -0.2) is 58.9 Å². The minimum atomic E-state index is -0.103. The lowest BCUT2D eigenvalue weighted by molar-refractivity contribution is -0.0829. The van der Waals surface area contributed by atoms with Crippen LogP contribution in [0.1, 0.15) is 12.8 Å². The lowest BCUT2D eigenvalue weighted by Crippen LogP contribution is -2.61. The third-order valence-corrected chi connectivity index (χ3v) is 5.34. The molecule has 3 fully saturated rings. The van der Waals surface area contributed by atoms with Crippen molar-refractivity contribution in [1.82, 2.24) is 14.9 Å². The maximum absolute atomic E-state index is 6.23. The van der Waals surface area contributed by atoms with Gasteiger partial charge < -0.3 is 4.74 Å². The molecule has 1 aromatic rings. The molecule has 4 aliphatic heterocycles. The SMILES string of the molecule is CSc1cc(NC2=NC[C@@]3(CN4CCC3CC4)O2)ncn1. The molecular formula is C14H19N5OS. The van der Waals surface area contributed by atoms with Gasteiger partial charge in [-0.2, -0.15) is 0 Å². The van der Waals surface area contributed by atoms with Crippen molar-refractivity contribution in [2.75, 3.05) is 37.8 Å². The number of fused-ring (bicyclic) bond motifs is 2. The smallest absolute Gasteiger partial charge is 0.291 e. The van der Waals surface area contributed by atoms with Gasteiger partial charge in [0, 0.05) is 18.5 Å². The Hall–Kier alpha value is -1.34. The molecule has 21 heavy (non-hydrogen) atoms. The Kier molecular flexibility index (Phi) is 3.26. The van der Waals surface area contributed by atoms with Crippen molar-refractivity contribution in [3.05, 3.63) is 12.4 Å². The largest absolute Gasteiger partial charge is 0.455 e. The van der Waals surface area contributed by atoms with Crippen molar-refractivity contribution in [1.29, 1.82) is 0 Å². The van der Waals surface area contributed by atoms with Crippen molar-refractivity contribution in [2.45, 2.75) is 23.5 Å². The minimum Gasteiger partial charge on any atom is -0.455 e. The molecule has 0 radical (unpaired) electrons. The van der Waals surface area contributed by atoms with Crippen LogP contribution in [0.25, 0.3) is 0 Å². The summed E-state index contributed by atoms with van der Waals surface area (Å²) in [6.45, 7) is 4.19. The summed E-state index contributed by atoms with van der Waals surface area (Å²) in [5.41, 5.74) is -0.103. The lowest BCUT2D eigenvalue weighted by atomic mass is 9.75. The molecule has 1 atom stereocenters. The van der Waals surface area contributed by atoms with Crippen molar-refractivity contribution < 1.29 is 4.74 Å². The summed E-state index contributed by atoms with van der Waals surface area (Å²) in [6.07, 6.45) is 6.02. The van der Waals surface area contributed by atoms with Crippen molar-refractivity contribution in [3.8, 4) is 0 Å². The van der Waals surface area contributed by atoms with Crippen LogP contribution in [0.4, 0.5) is 5.82 Å². The fraction of sp³-hybridized carbons (Fsp3) is 0.643. The summed E-state index contributed by atoms with van der Waals surface area (Å²) in [6, 6.07) is 2.52. The molecule has 0 unspecified atom stereocenters. The standard InChI is InChI=1S/C14H19N5OS/c1-21-12-6-11(16-9-17-12)18-13-15-7-14(20-13)8-19-4-2-10(14)3-5-19/h6,9-10H,2-5,7-8H2,1H3,(H,15,16,17,18)/t14-/m0/s1. The molecular weight excluding hydrogens is 286 g/mol. The predicted molar refractivity (Wildman–Crippen MR) is 82.7 cm³/mol. The van der Waals surface area contributed by atoms with Crippen molar-refractivity contribution >= 4 is 23.6 Å². The van der Waals surface area contributed by atoms with E-state index in [4.69, 9.17) is 4.74 Å². The number of anilines is 1. The predicted octanol–water partition coefficient (Wildman–Crippen LogP) is 1.46. The van der Waals surface area contributed by atoms with Crippen LogP contribution in [0.15, 0.2) is 22.4 Å². The zero-order valence-electron chi connectivity index (χ0n) is 12.1. The van der Waals surface area contributed by atoms with E-state index in [2.05, 4.69) is 25.2 Å². The average Bonchev–Trinajstić information content (AvgIpc) is 2.91. The molecule has 7 heteroatoms. The number of amidine groups is 1. The third-order valence-electron chi connectivity index (χ3n) is 4.70. The molecule has 0 saturated carbocycles. The Bertz CT molecular complexity index is 572. The van der Waals surface area contributed by atoms with Crippen LogP contribution in [0.2, 0.25) is 0 Å². The monoisotopic (exact) mass is 305 g/mol. The second kappa shape index (κ2) is 5.14. The van der Waals surface area contributed by atoms with Crippen LogP contribution in [-0.2, 0) is 4.74 Å². The molecule has 4 aliphatic rings. The van der Waals surface area contributed by atoms with Gasteiger partial charge in [-0.05, 0) is 32.2 Å². The second-order valence-corrected chi connectivity index (χ2v) is 6.74. The van der Waals surface area contributed by atoms with E-state index in [9.17, 15) is 0 Å². The van der Waals surface area contributed by atoms with Crippen molar-refractivity contribution in [2.24, 2.45) is 10.9 Å². The first-order valence-corrected chi connectivity index (χ1v) is 8.59. The number of rotatable bonds is 2. The van der Waals surface area contributed by atoms with Gasteiger partial charge in [-0.15, -0.1) is 11.8 Å². The molecule has 1 N–H and O–H groups in total. The number of nitrogens with zero attached hydrogens (tertiary/aromatic N) is 4. The Morgan fingerprint density at radius 3 is 2.95 bits per heavy atom. The number of ether oxygens (including phenoxy) is 1. The summed E-state index contributed by atoms with van der Waals surface area (Å²) < 4.78 is 6.23. The van der Waals surface area contributed by atoms with Gasteiger partial charge in [0.15, 0.2) is 0 Å². The maximum Gasteiger partial charge on any atom is 0.291 e. The summed E-state index contributed by atoms with van der Waals surface area (Å²) in [5.74, 6) is 1.38. The molecule has 6 nitrogen and oxygen atoms in total. The highest BCUT2D eigenvalue weighted by molar-refractivity contribution is 7.98. The summed E-state index contributed by atoms with van der Waals surface area (Å²) in [7, 11) is 0. The number of hydrogen-bond acceptors (Lipinski definition) is 7. The van der Waals surface area contributed by atoms with Crippen LogP contribution >= 0.6 is 11.8 Å². The Balaban J connectivity index is 1.46. The molecule has 5 heterocycles. The molecule has 0 aromatic carbocycles. The number of aromatic nitrogens is 2. The normalized spacial score (nSPS) is 33.9. The van der Waals surface area contributed by atoms with E-state index in [1.165, 1.54) is 25.9 Å². The van der Waals surface area contributed by atoms with Crippen LogP contribution in [0.5, 0.6) is 0 Å². The zero-order valence-corrected chi connectivity index (χ0v) is 12.9. The number of piperidine rings is 3. The van der Waals surface area contributed by atoms with Gasteiger partial charge in [0.05, 0.1) is 6.54 Å². The lowest BCUT2D eigenvalue weighted by Gasteiger charge is -2.50. The molecule has 3 saturated heterocycles. The summed E-state index contributed by atoms with van der Waals surface area (Å²) in [4.78, 5) is 15.5. The quantitative estimate of drug-likeness (QED) is 0.659. The second-order valence-electron chi connectivity index (χ2n) is 5.91. The van der Waals surface area contributed by atoms with Gasteiger partial charge in [0.1, 0.15) is 22.8 Å². The highest BCUT2D eigenvalue weighted by Crippen LogP contribution is 2.40. The molecule has 1 spiro atoms. The van der Waals surface area contributed by atoms with Gasteiger partial charge >= 0.3 is 0 Å². The summed E-state index contributed by atoms with van der Waals surface area (Å²) in [5, 5.41) is 4.13. The first-order chi connectivity index (χ1) is 10.3. The van der Waals surface area contributed by atoms with Gasteiger partial charge in [-0.1, -0.05) is 0 Å². The Morgan fingerprint density at radius 1 is 1.38 bits per heavy atom. The number of hydrogen-bond donors (Lipinski definition) is 1. The topological polar surface area (TPSA) is 62.6 Å². The first-order valence-electron chi connectivity index (χ1n) is 7.36. The number of nitrogens with one attached hydrogen (secondary N) is 1. The first kappa shape index (κ1) is 13.3.